The molecule has 1 fully saturated rings. The van der Waals surface area contributed by atoms with Crippen molar-refractivity contribution < 1.29 is 9.59 Å². The van der Waals surface area contributed by atoms with Gasteiger partial charge in [0, 0.05) is 18.1 Å². The molecule has 1 N–H and O–H groups in total. The maximum Gasteiger partial charge on any atom is 0.256 e. The minimum Gasteiger partial charge on any atom is -0.352 e. The van der Waals surface area contributed by atoms with Crippen molar-refractivity contribution in [2.75, 3.05) is 13.1 Å². The van der Waals surface area contributed by atoms with Gasteiger partial charge in [-0.05, 0) is 29.8 Å². The van der Waals surface area contributed by atoms with Crippen LogP contribution in [-0.2, 0) is 4.79 Å². The highest BCUT2D eigenvalue weighted by molar-refractivity contribution is 6.33. The highest BCUT2D eigenvalue weighted by Crippen LogP contribution is 2.28. The van der Waals surface area contributed by atoms with Crippen LogP contribution in [-0.4, -0.2) is 29.8 Å². The molecule has 23 heavy (non-hydrogen) atoms. The van der Waals surface area contributed by atoms with Gasteiger partial charge in [0.2, 0.25) is 5.91 Å². The number of hydrogen-bond donors (Lipinski definition) is 1. The van der Waals surface area contributed by atoms with Crippen LogP contribution in [0.3, 0.4) is 0 Å². The number of amides is 2. The zero-order chi connectivity index (χ0) is 16.4. The van der Waals surface area contributed by atoms with E-state index >= 15 is 0 Å². The molecule has 1 saturated heterocycles. The molecule has 2 aromatic rings. The fourth-order valence-corrected chi connectivity index (χ4v) is 3.10. The molecule has 6 heteroatoms. The standard InChI is InChI=1S/C17H14Cl2N2O2/c18-12-5-3-4-11(10-12)15-16(22)20-8-9-21(15)17(23)13-6-1-2-7-14(13)19/h1-7,10,15H,8-9H2,(H,20,22). The molecule has 0 radical (unpaired) electrons. The number of nitrogens with zero attached hydrogens (tertiary/aromatic N) is 1. The van der Waals surface area contributed by atoms with Crippen LogP contribution < -0.4 is 5.32 Å². The highest BCUT2D eigenvalue weighted by Gasteiger charge is 2.35. The molecule has 1 aliphatic rings. The molecule has 3 rings (SSSR count). The normalized spacial score (nSPS) is 17.7. The number of rotatable bonds is 2. The van der Waals surface area contributed by atoms with Gasteiger partial charge < -0.3 is 10.2 Å². The van der Waals surface area contributed by atoms with Gasteiger partial charge in [0.05, 0.1) is 10.6 Å². The number of piperazine rings is 1. The number of hydrogen-bond acceptors (Lipinski definition) is 2. The molecule has 4 nitrogen and oxygen atoms in total. The second kappa shape index (κ2) is 6.60. The fraction of sp³-hybridized carbons (Fsp3) is 0.176. The topological polar surface area (TPSA) is 49.4 Å². The molecule has 1 unspecified atom stereocenters. The minimum absolute atomic E-state index is 0.223. The van der Waals surface area contributed by atoms with Crippen molar-refractivity contribution in [1.29, 1.82) is 0 Å². The van der Waals surface area contributed by atoms with Crippen molar-refractivity contribution in [1.82, 2.24) is 10.2 Å². The summed E-state index contributed by atoms with van der Waals surface area (Å²) in [5.41, 5.74) is 1.06. The van der Waals surface area contributed by atoms with E-state index in [9.17, 15) is 9.59 Å². The van der Waals surface area contributed by atoms with Crippen molar-refractivity contribution >= 4 is 35.0 Å². The largest absolute Gasteiger partial charge is 0.352 e. The molecule has 1 aliphatic heterocycles. The number of carbonyl (C=O) groups is 2. The summed E-state index contributed by atoms with van der Waals surface area (Å²) in [5, 5.41) is 3.68. The van der Waals surface area contributed by atoms with Crippen LogP contribution >= 0.6 is 23.2 Å². The number of nitrogens with one attached hydrogen (secondary N) is 1. The molecule has 0 saturated carbocycles. The Labute approximate surface area is 144 Å². The van der Waals surface area contributed by atoms with E-state index in [2.05, 4.69) is 5.32 Å². The van der Waals surface area contributed by atoms with Gasteiger partial charge >= 0.3 is 0 Å². The molecule has 2 amide bonds. The Morgan fingerprint density at radius 1 is 1.13 bits per heavy atom. The summed E-state index contributed by atoms with van der Waals surface area (Å²) in [6, 6.07) is 13.1. The van der Waals surface area contributed by atoms with Gasteiger partial charge in [0.25, 0.3) is 5.91 Å². The summed E-state index contributed by atoms with van der Waals surface area (Å²) < 4.78 is 0. The summed E-state index contributed by atoms with van der Waals surface area (Å²) in [6.07, 6.45) is 0. The third kappa shape index (κ3) is 3.19. The van der Waals surface area contributed by atoms with Crippen molar-refractivity contribution in [3.8, 4) is 0 Å². The fourth-order valence-electron chi connectivity index (χ4n) is 2.68. The zero-order valence-corrected chi connectivity index (χ0v) is 13.6. The summed E-state index contributed by atoms with van der Waals surface area (Å²) >= 11 is 12.1. The average molecular weight is 349 g/mol. The summed E-state index contributed by atoms with van der Waals surface area (Å²) in [7, 11) is 0. The van der Waals surface area contributed by atoms with Crippen molar-refractivity contribution in [2.24, 2.45) is 0 Å². The third-order valence-electron chi connectivity index (χ3n) is 3.74. The molecule has 1 heterocycles. The van der Waals surface area contributed by atoms with Crippen LogP contribution in [0, 0.1) is 0 Å². The quantitative estimate of drug-likeness (QED) is 0.904. The third-order valence-corrected chi connectivity index (χ3v) is 4.31. The molecule has 1 atom stereocenters. The first-order valence-electron chi connectivity index (χ1n) is 7.16. The van der Waals surface area contributed by atoms with E-state index in [-0.39, 0.29) is 11.8 Å². The maximum absolute atomic E-state index is 12.9. The predicted octanol–water partition coefficient (Wildman–Crippen LogP) is 3.31. The van der Waals surface area contributed by atoms with E-state index in [1.165, 1.54) is 4.90 Å². The smallest absolute Gasteiger partial charge is 0.256 e. The van der Waals surface area contributed by atoms with Gasteiger partial charge in [-0.25, -0.2) is 0 Å². The minimum atomic E-state index is -0.716. The van der Waals surface area contributed by atoms with Crippen LogP contribution in [0.25, 0.3) is 0 Å². The lowest BCUT2D eigenvalue weighted by molar-refractivity contribution is -0.128. The lowest BCUT2D eigenvalue weighted by Crippen LogP contribution is -2.52. The second-order valence-electron chi connectivity index (χ2n) is 5.23. The Morgan fingerprint density at radius 2 is 1.91 bits per heavy atom. The average Bonchev–Trinajstić information content (AvgIpc) is 2.54. The first-order chi connectivity index (χ1) is 11.1. The zero-order valence-electron chi connectivity index (χ0n) is 12.1. The molecule has 0 aliphatic carbocycles. The van der Waals surface area contributed by atoms with E-state index < -0.39 is 6.04 Å². The van der Waals surface area contributed by atoms with Crippen LogP contribution in [0.1, 0.15) is 22.0 Å². The first kappa shape index (κ1) is 15.8. The lowest BCUT2D eigenvalue weighted by atomic mass is 10.0. The van der Waals surface area contributed by atoms with Crippen molar-refractivity contribution in [3.63, 3.8) is 0 Å². The predicted molar refractivity (Wildman–Crippen MR) is 89.7 cm³/mol. The van der Waals surface area contributed by atoms with Crippen LogP contribution in [0.5, 0.6) is 0 Å². The molecular formula is C17H14Cl2N2O2. The van der Waals surface area contributed by atoms with Gasteiger partial charge in [-0.1, -0.05) is 47.5 Å². The van der Waals surface area contributed by atoms with E-state index in [4.69, 9.17) is 23.2 Å². The number of carbonyl (C=O) groups excluding carboxylic acids is 2. The Hall–Kier alpha value is -2.04. The number of halogens is 2. The molecule has 2 aromatic carbocycles. The summed E-state index contributed by atoms with van der Waals surface area (Å²) in [5.74, 6) is -0.491. The number of benzene rings is 2. The Kier molecular flexibility index (Phi) is 4.55. The molecule has 0 spiro atoms. The van der Waals surface area contributed by atoms with Gasteiger partial charge in [-0.3, -0.25) is 9.59 Å². The van der Waals surface area contributed by atoms with Crippen molar-refractivity contribution in [3.05, 3.63) is 69.7 Å². The van der Waals surface area contributed by atoms with E-state index in [1.54, 1.807) is 48.5 Å². The van der Waals surface area contributed by atoms with Gasteiger partial charge in [-0.15, -0.1) is 0 Å². The highest BCUT2D eigenvalue weighted by atomic mass is 35.5. The Bertz CT molecular complexity index is 764. The van der Waals surface area contributed by atoms with E-state index in [1.807, 2.05) is 0 Å². The molecule has 0 aromatic heterocycles. The first-order valence-corrected chi connectivity index (χ1v) is 7.92. The van der Waals surface area contributed by atoms with Gasteiger partial charge in [0.15, 0.2) is 0 Å². The SMILES string of the molecule is O=C1NCCN(C(=O)c2ccccc2Cl)C1c1cccc(Cl)c1. The van der Waals surface area contributed by atoms with Crippen molar-refractivity contribution in [2.45, 2.75) is 6.04 Å². The molecule has 0 bridgehead atoms. The Balaban J connectivity index is 2.00. The summed E-state index contributed by atoms with van der Waals surface area (Å²) in [4.78, 5) is 26.8. The second-order valence-corrected chi connectivity index (χ2v) is 6.07. The van der Waals surface area contributed by atoms with E-state index in [0.29, 0.717) is 34.3 Å². The Morgan fingerprint density at radius 3 is 2.65 bits per heavy atom. The van der Waals surface area contributed by atoms with Crippen LogP contribution in [0.15, 0.2) is 48.5 Å². The van der Waals surface area contributed by atoms with Crippen LogP contribution in [0.2, 0.25) is 10.0 Å². The lowest BCUT2D eigenvalue weighted by Gasteiger charge is -2.35. The van der Waals surface area contributed by atoms with E-state index in [0.717, 1.165) is 0 Å². The monoisotopic (exact) mass is 348 g/mol. The summed E-state index contributed by atoms with van der Waals surface area (Å²) in [6.45, 7) is 0.819. The van der Waals surface area contributed by atoms with Gasteiger partial charge in [0.1, 0.15) is 6.04 Å². The maximum atomic E-state index is 12.9. The van der Waals surface area contributed by atoms with Gasteiger partial charge in [-0.2, -0.15) is 0 Å². The molecule has 118 valence electrons. The molecular weight excluding hydrogens is 335 g/mol. The van der Waals surface area contributed by atoms with Crippen LogP contribution in [0.4, 0.5) is 0 Å².